The molecule has 0 saturated carbocycles. The van der Waals surface area contributed by atoms with E-state index in [2.05, 4.69) is 10.4 Å². The van der Waals surface area contributed by atoms with Gasteiger partial charge in [-0.15, -0.1) is 0 Å². The highest BCUT2D eigenvalue weighted by Gasteiger charge is 2.38. The van der Waals surface area contributed by atoms with Gasteiger partial charge in [0.05, 0.1) is 11.6 Å². The van der Waals surface area contributed by atoms with Crippen molar-refractivity contribution in [1.82, 2.24) is 14.7 Å². The van der Waals surface area contributed by atoms with Crippen molar-refractivity contribution in [1.29, 1.82) is 5.26 Å². The highest BCUT2D eigenvalue weighted by atomic mass is 16.3. The molecule has 0 radical (unpaired) electrons. The first-order valence-corrected chi connectivity index (χ1v) is 7.53. The Labute approximate surface area is 130 Å². The summed E-state index contributed by atoms with van der Waals surface area (Å²) >= 11 is 0. The van der Waals surface area contributed by atoms with E-state index in [4.69, 9.17) is 5.26 Å². The molecule has 1 aromatic heterocycles. The van der Waals surface area contributed by atoms with E-state index in [9.17, 15) is 9.90 Å². The number of hydrogen-bond donors (Lipinski definition) is 2. The Balaban J connectivity index is 2.17. The average molecular weight is 305 g/mol. The van der Waals surface area contributed by atoms with Crippen LogP contribution in [0.2, 0.25) is 0 Å². The van der Waals surface area contributed by atoms with Gasteiger partial charge in [-0.2, -0.15) is 10.4 Å². The van der Waals surface area contributed by atoms with E-state index >= 15 is 0 Å². The van der Waals surface area contributed by atoms with Gasteiger partial charge in [0.1, 0.15) is 11.6 Å². The van der Waals surface area contributed by atoms with Crippen molar-refractivity contribution in [3.8, 4) is 6.07 Å². The summed E-state index contributed by atoms with van der Waals surface area (Å²) in [5, 5.41) is 26.3. The fourth-order valence-corrected chi connectivity index (χ4v) is 2.75. The maximum Gasteiger partial charge on any atom is 0.323 e. The van der Waals surface area contributed by atoms with Crippen molar-refractivity contribution in [3.05, 3.63) is 11.8 Å². The molecule has 0 bridgehead atoms. The molecule has 0 aromatic carbocycles. The summed E-state index contributed by atoms with van der Waals surface area (Å²) in [7, 11) is 0. The number of nitriles is 1. The lowest BCUT2D eigenvalue weighted by atomic mass is 9.97. The SMILES string of the molecule is CC(C)n1cc(C#N)c(NC(=O)N2CCC[C@@H]2C(C)(C)O)n1. The molecule has 1 aromatic rings. The van der Waals surface area contributed by atoms with Crippen LogP contribution >= 0.6 is 0 Å². The molecular weight excluding hydrogens is 282 g/mol. The molecule has 2 amide bonds. The normalized spacial score (nSPS) is 18.6. The van der Waals surface area contributed by atoms with Crippen molar-refractivity contribution in [3.63, 3.8) is 0 Å². The van der Waals surface area contributed by atoms with Crippen LogP contribution in [0.25, 0.3) is 0 Å². The molecule has 1 fully saturated rings. The molecule has 1 atom stereocenters. The summed E-state index contributed by atoms with van der Waals surface area (Å²) in [4.78, 5) is 14.1. The number of likely N-dealkylation sites (tertiary alicyclic amines) is 1. The molecule has 7 heteroatoms. The first kappa shape index (κ1) is 16.3. The number of amides is 2. The quantitative estimate of drug-likeness (QED) is 0.894. The number of hydrogen-bond acceptors (Lipinski definition) is 4. The van der Waals surface area contributed by atoms with Gasteiger partial charge < -0.3 is 10.0 Å². The second-order valence-corrected chi connectivity index (χ2v) is 6.51. The molecule has 0 unspecified atom stereocenters. The van der Waals surface area contributed by atoms with Gasteiger partial charge in [-0.3, -0.25) is 10.00 Å². The smallest absolute Gasteiger partial charge is 0.323 e. The van der Waals surface area contributed by atoms with Gasteiger partial charge in [-0.1, -0.05) is 0 Å². The molecular formula is C15H23N5O2. The standard InChI is InChI=1S/C15H23N5O2/c1-10(2)20-9-11(8-16)13(18-20)17-14(21)19-7-5-6-12(19)15(3,4)22/h9-10,12,22H,5-7H2,1-4H3,(H,17,18,21)/t12-/m1/s1. The zero-order valence-corrected chi connectivity index (χ0v) is 13.5. The fourth-order valence-electron chi connectivity index (χ4n) is 2.75. The van der Waals surface area contributed by atoms with E-state index in [1.807, 2.05) is 19.9 Å². The van der Waals surface area contributed by atoms with Gasteiger partial charge in [-0.05, 0) is 40.5 Å². The summed E-state index contributed by atoms with van der Waals surface area (Å²) in [6, 6.07) is 1.59. The highest BCUT2D eigenvalue weighted by molar-refractivity contribution is 5.90. The van der Waals surface area contributed by atoms with Crippen LogP contribution in [0.4, 0.5) is 10.6 Å². The van der Waals surface area contributed by atoms with Crippen LogP contribution in [0.5, 0.6) is 0 Å². The fraction of sp³-hybridized carbons (Fsp3) is 0.667. The molecule has 1 aliphatic heterocycles. The minimum atomic E-state index is -0.955. The number of nitrogens with one attached hydrogen (secondary N) is 1. The Bertz CT molecular complexity index is 594. The van der Waals surface area contributed by atoms with Gasteiger partial charge in [0.25, 0.3) is 0 Å². The summed E-state index contributed by atoms with van der Waals surface area (Å²) in [6.07, 6.45) is 3.24. The van der Waals surface area contributed by atoms with Gasteiger partial charge in [-0.25, -0.2) is 4.79 Å². The molecule has 1 saturated heterocycles. The summed E-state index contributed by atoms with van der Waals surface area (Å²) < 4.78 is 1.64. The number of nitrogens with zero attached hydrogens (tertiary/aromatic N) is 4. The maximum absolute atomic E-state index is 12.5. The second-order valence-electron chi connectivity index (χ2n) is 6.51. The Kier molecular flexibility index (Phi) is 4.42. The Hall–Kier alpha value is -2.07. The number of urea groups is 1. The van der Waals surface area contributed by atoms with Crippen molar-refractivity contribution < 1.29 is 9.90 Å². The number of carbonyl (C=O) groups excluding carboxylic acids is 1. The lowest BCUT2D eigenvalue weighted by molar-refractivity contribution is 0.0117. The first-order valence-electron chi connectivity index (χ1n) is 7.53. The van der Waals surface area contributed by atoms with Crippen LogP contribution in [0.15, 0.2) is 6.20 Å². The number of carbonyl (C=O) groups is 1. The molecule has 7 nitrogen and oxygen atoms in total. The maximum atomic E-state index is 12.5. The van der Waals surface area contributed by atoms with Gasteiger partial charge in [0.2, 0.25) is 0 Å². The van der Waals surface area contributed by atoms with Crippen LogP contribution in [0, 0.1) is 11.3 Å². The Morgan fingerprint density at radius 3 is 2.82 bits per heavy atom. The van der Waals surface area contributed by atoms with Gasteiger partial charge in [0, 0.05) is 18.8 Å². The van der Waals surface area contributed by atoms with Crippen molar-refractivity contribution >= 4 is 11.8 Å². The molecule has 22 heavy (non-hydrogen) atoms. The van der Waals surface area contributed by atoms with Crippen LogP contribution in [-0.2, 0) is 0 Å². The summed E-state index contributed by atoms with van der Waals surface area (Å²) in [6.45, 7) is 7.90. The largest absolute Gasteiger partial charge is 0.388 e. The third-order valence-corrected chi connectivity index (χ3v) is 3.94. The van der Waals surface area contributed by atoms with Crippen LogP contribution < -0.4 is 5.32 Å². The van der Waals surface area contributed by atoms with Crippen molar-refractivity contribution in [2.45, 2.75) is 58.2 Å². The molecule has 120 valence electrons. The van der Waals surface area contributed by atoms with Crippen molar-refractivity contribution in [2.24, 2.45) is 0 Å². The minimum absolute atomic E-state index is 0.105. The predicted molar refractivity (Wildman–Crippen MR) is 82.4 cm³/mol. The highest BCUT2D eigenvalue weighted by Crippen LogP contribution is 2.27. The summed E-state index contributed by atoms with van der Waals surface area (Å²) in [5.74, 6) is 0.266. The topological polar surface area (TPSA) is 94.2 Å². The number of anilines is 1. The molecule has 1 aliphatic rings. The molecule has 2 heterocycles. The zero-order valence-electron chi connectivity index (χ0n) is 13.5. The molecule has 0 spiro atoms. The van der Waals surface area contributed by atoms with Gasteiger partial charge >= 0.3 is 6.03 Å². The number of aromatic nitrogens is 2. The molecule has 2 N–H and O–H groups in total. The van der Waals surface area contributed by atoms with Crippen molar-refractivity contribution in [2.75, 3.05) is 11.9 Å². The monoisotopic (exact) mass is 305 g/mol. The van der Waals surface area contributed by atoms with E-state index < -0.39 is 5.60 Å². The predicted octanol–water partition coefficient (Wildman–Crippen LogP) is 2.10. The minimum Gasteiger partial charge on any atom is -0.388 e. The second kappa shape index (κ2) is 5.97. The number of rotatable bonds is 3. The Morgan fingerprint density at radius 1 is 1.59 bits per heavy atom. The zero-order chi connectivity index (χ0) is 16.5. The van der Waals surface area contributed by atoms with E-state index in [-0.39, 0.29) is 23.9 Å². The van der Waals surface area contributed by atoms with Crippen LogP contribution in [0.1, 0.15) is 52.1 Å². The average Bonchev–Trinajstić information content (AvgIpc) is 3.04. The van der Waals surface area contributed by atoms with Crippen LogP contribution in [-0.4, -0.2) is 44.0 Å². The van der Waals surface area contributed by atoms with Crippen LogP contribution in [0.3, 0.4) is 0 Å². The summed E-state index contributed by atoms with van der Waals surface area (Å²) in [5.41, 5.74) is -0.621. The third-order valence-electron chi connectivity index (χ3n) is 3.94. The van der Waals surface area contributed by atoms with E-state index in [0.29, 0.717) is 12.1 Å². The Morgan fingerprint density at radius 2 is 2.27 bits per heavy atom. The third kappa shape index (κ3) is 3.22. The molecule has 2 rings (SSSR count). The van der Waals surface area contributed by atoms with E-state index in [1.54, 1.807) is 29.6 Å². The number of aliphatic hydroxyl groups is 1. The molecule has 0 aliphatic carbocycles. The lowest BCUT2D eigenvalue weighted by Crippen LogP contribution is -2.49. The van der Waals surface area contributed by atoms with Gasteiger partial charge in [0.15, 0.2) is 5.82 Å². The lowest BCUT2D eigenvalue weighted by Gasteiger charge is -2.33. The first-order chi connectivity index (χ1) is 10.2. The van der Waals surface area contributed by atoms with E-state index in [0.717, 1.165) is 12.8 Å². The van der Waals surface area contributed by atoms with E-state index in [1.165, 1.54) is 0 Å².